The van der Waals surface area contributed by atoms with Gasteiger partial charge in [0.05, 0.1) is 7.11 Å². The Kier molecular flexibility index (Phi) is 5.58. The average molecular weight is 315 g/mol. The lowest BCUT2D eigenvalue weighted by atomic mass is 9.85. The maximum atomic E-state index is 12.6. The molecule has 0 heterocycles. The van der Waals surface area contributed by atoms with Gasteiger partial charge in [-0.15, -0.1) is 0 Å². The van der Waals surface area contributed by atoms with Gasteiger partial charge in [-0.25, -0.2) is 0 Å². The number of ether oxygens (including phenoxy) is 2. The summed E-state index contributed by atoms with van der Waals surface area (Å²) >= 11 is 0. The molecule has 2 rings (SSSR count). The molecule has 1 saturated carbocycles. The van der Waals surface area contributed by atoms with Gasteiger partial charge in [-0.2, -0.15) is 8.78 Å². The summed E-state index contributed by atoms with van der Waals surface area (Å²) in [6, 6.07) is 5.23. The van der Waals surface area contributed by atoms with Gasteiger partial charge in [-0.05, 0) is 18.9 Å². The Balaban J connectivity index is 2.12. The Bertz CT molecular complexity index is 498. The standard InChI is InChI=1S/C16H23F2NO3/c1-16(10-20)8-4-7-13(16)19-9-11-5-3-6-12(21-2)14(11)22-15(17)18/h3,5-6,13,15,19-20H,4,7-10H2,1-2H3. The maximum absolute atomic E-state index is 12.6. The van der Waals surface area contributed by atoms with E-state index in [0.29, 0.717) is 12.1 Å². The van der Waals surface area contributed by atoms with Gasteiger partial charge in [0, 0.05) is 30.2 Å². The Morgan fingerprint density at radius 3 is 2.86 bits per heavy atom. The first-order valence-electron chi connectivity index (χ1n) is 7.45. The fraction of sp³-hybridized carbons (Fsp3) is 0.625. The highest BCUT2D eigenvalue weighted by Gasteiger charge is 2.37. The Labute approximate surface area is 129 Å². The van der Waals surface area contributed by atoms with E-state index in [0.717, 1.165) is 19.3 Å². The van der Waals surface area contributed by atoms with Crippen LogP contribution >= 0.6 is 0 Å². The number of rotatable bonds is 7. The predicted octanol–water partition coefficient (Wildman–Crippen LogP) is 2.94. The minimum absolute atomic E-state index is 0.0659. The van der Waals surface area contributed by atoms with E-state index in [1.54, 1.807) is 18.2 Å². The molecule has 0 bridgehead atoms. The van der Waals surface area contributed by atoms with E-state index in [1.165, 1.54) is 7.11 Å². The zero-order valence-electron chi connectivity index (χ0n) is 12.9. The lowest BCUT2D eigenvalue weighted by Gasteiger charge is -2.30. The molecule has 4 nitrogen and oxygen atoms in total. The van der Waals surface area contributed by atoms with E-state index in [4.69, 9.17) is 4.74 Å². The quantitative estimate of drug-likeness (QED) is 0.812. The lowest BCUT2D eigenvalue weighted by molar-refractivity contribution is -0.0519. The van der Waals surface area contributed by atoms with Gasteiger partial charge in [0.1, 0.15) is 0 Å². The summed E-state index contributed by atoms with van der Waals surface area (Å²) in [5.74, 6) is 0.354. The Morgan fingerprint density at radius 2 is 2.23 bits per heavy atom. The number of alkyl halides is 2. The van der Waals surface area contributed by atoms with E-state index in [2.05, 4.69) is 10.1 Å². The average Bonchev–Trinajstić information content (AvgIpc) is 2.87. The van der Waals surface area contributed by atoms with Crippen molar-refractivity contribution in [2.45, 2.75) is 45.4 Å². The third-order valence-electron chi connectivity index (χ3n) is 4.47. The van der Waals surface area contributed by atoms with Crippen molar-refractivity contribution in [1.29, 1.82) is 0 Å². The molecule has 0 aliphatic heterocycles. The normalized spacial score (nSPS) is 24.7. The number of para-hydroxylation sites is 1. The van der Waals surface area contributed by atoms with Crippen LogP contribution in [0.5, 0.6) is 11.5 Å². The zero-order chi connectivity index (χ0) is 16.2. The summed E-state index contributed by atoms with van der Waals surface area (Å²) in [4.78, 5) is 0. The van der Waals surface area contributed by atoms with Gasteiger partial charge in [0.25, 0.3) is 0 Å². The van der Waals surface area contributed by atoms with Gasteiger partial charge in [-0.1, -0.05) is 25.5 Å². The largest absolute Gasteiger partial charge is 0.493 e. The number of benzene rings is 1. The van der Waals surface area contributed by atoms with E-state index in [1.807, 2.05) is 6.92 Å². The summed E-state index contributed by atoms with van der Waals surface area (Å²) < 4.78 is 34.9. The molecule has 0 saturated heterocycles. The van der Waals surface area contributed by atoms with E-state index < -0.39 is 6.61 Å². The van der Waals surface area contributed by atoms with Crippen molar-refractivity contribution in [3.63, 3.8) is 0 Å². The Hall–Kier alpha value is -1.40. The third-order valence-corrected chi connectivity index (χ3v) is 4.47. The van der Waals surface area contributed by atoms with Crippen LogP contribution in [0.4, 0.5) is 8.78 Å². The van der Waals surface area contributed by atoms with E-state index >= 15 is 0 Å². The van der Waals surface area contributed by atoms with Crippen LogP contribution in [0.25, 0.3) is 0 Å². The third kappa shape index (κ3) is 3.67. The number of hydrogen-bond donors (Lipinski definition) is 2. The van der Waals surface area contributed by atoms with Crippen molar-refractivity contribution >= 4 is 0 Å². The van der Waals surface area contributed by atoms with Crippen molar-refractivity contribution in [3.8, 4) is 11.5 Å². The van der Waals surface area contributed by atoms with Crippen LogP contribution in [0.1, 0.15) is 31.7 Å². The van der Waals surface area contributed by atoms with Crippen LogP contribution < -0.4 is 14.8 Å². The predicted molar refractivity (Wildman–Crippen MR) is 79.3 cm³/mol. The summed E-state index contributed by atoms with van der Waals surface area (Å²) in [6.07, 6.45) is 2.97. The molecule has 0 amide bonds. The van der Waals surface area contributed by atoms with Crippen LogP contribution in [-0.4, -0.2) is 31.5 Å². The number of nitrogens with one attached hydrogen (secondary N) is 1. The van der Waals surface area contributed by atoms with Crippen LogP contribution in [-0.2, 0) is 6.54 Å². The molecule has 0 aromatic heterocycles. The first-order valence-corrected chi connectivity index (χ1v) is 7.45. The molecule has 1 aromatic rings. The minimum atomic E-state index is -2.90. The molecule has 2 unspecified atom stereocenters. The number of methoxy groups -OCH3 is 1. The number of halogens is 2. The van der Waals surface area contributed by atoms with Crippen molar-refractivity contribution < 1.29 is 23.4 Å². The summed E-state index contributed by atoms with van der Waals surface area (Å²) in [7, 11) is 1.42. The van der Waals surface area contributed by atoms with Crippen molar-refractivity contribution in [2.24, 2.45) is 5.41 Å². The fourth-order valence-corrected chi connectivity index (χ4v) is 3.09. The molecule has 6 heteroatoms. The van der Waals surface area contributed by atoms with Crippen molar-refractivity contribution in [2.75, 3.05) is 13.7 Å². The molecule has 1 aliphatic carbocycles. The highest BCUT2D eigenvalue weighted by atomic mass is 19.3. The Morgan fingerprint density at radius 1 is 1.45 bits per heavy atom. The van der Waals surface area contributed by atoms with Gasteiger partial charge >= 0.3 is 6.61 Å². The number of aliphatic hydroxyl groups is 1. The summed E-state index contributed by atoms with van der Waals surface area (Å²) in [6.45, 7) is -0.355. The van der Waals surface area contributed by atoms with Gasteiger partial charge < -0.3 is 19.9 Å². The van der Waals surface area contributed by atoms with Crippen LogP contribution in [0, 0.1) is 5.41 Å². The van der Waals surface area contributed by atoms with Gasteiger partial charge in [-0.3, -0.25) is 0 Å². The molecular weight excluding hydrogens is 292 g/mol. The highest BCUT2D eigenvalue weighted by Crippen LogP contribution is 2.38. The van der Waals surface area contributed by atoms with E-state index in [9.17, 15) is 13.9 Å². The van der Waals surface area contributed by atoms with Crippen molar-refractivity contribution in [3.05, 3.63) is 23.8 Å². The fourth-order valence-electron chi connectivity index (χ4n) is 3.09. The molecule has 1 aliphatic rings. The van der Waals surface area contributed by atoms with Gasteiger partial charge in [0.15, 0.2) is 11.5 Å². The van der Waals surface area contributed by atoms with Crippen LogP contribution in [0.2, 0.25) is 0 Å². The molecule has 0 radical (unpaired) electrons. The first-order chi connectivity index (χ1) is 10.5. The second-order valence-corrected chi connectivity index (χ2v) is 5.96. The van der Waals surface area contributed by atoms with Crippen molar-refractivity contribution in [1.82, 2.24) is 5.32 Å². The van der Waals surface area contributed by atoms with Crippen LogP contribution in [0.3, 0.4) is 0 Å². The SMILES string of the molecule is COc1cccc(CNC2CCCC2(C)CO)c1OC(F)F. The smallest absolute Gasteiger partial charge is 0.387 e. The molecule has 2 N–H and O–H groups in total. The van der Waals surface area contributed by atoms with Gasteiger partial charge in [0.2, 0.25) is 0 Å². The lowest BCUT2D eigenvalue weighted by Crippen LogP contribution is -2.41. The second-order valence-electron chi connectivity index (χ2n) is 5.96. The molecule has 1 fully saturated rings. The monoisotopic (exact) mass is 315 g/mol. The zero-order valence-corrected chi connectivity index (χ0v) is 12.9. The molecule has 0 spiro atoms. The maximum Gasteiger partial charge on any atom is 0.387 e. The topological polar surface area (TPSA) is 50.7 Å². The summed E-state index contributed by atoms with van der Waals surface area (Å²) in [5, 5.41) is 12.9. The minimum Gasteiger partial charge on any atom is -0.493 e. The number of aliphatic hydroxyl groups excluding tert-OH is 1. The first kappa shape index (κ1) is 17.0. The molecule has 1 aromatic carbocycles. The molecule has 2 atom stereocenters. The molecular formula is C16H23F2NO3. The molecule has 22 heavy (non-hydrogen) atoms. The second kappa shape index (κ2) is 7.24. The highest BCUT2D eigenvalue weighted by molar-refractivity contribution is 5.46. The van der Waals surface area contributed by atoms with E-state index in [-0.39, 0.29) is 29.6 Å². The summed E-state index contributed by atoms with van der Waals surface area (Å²) in [5.41, 5.74) is 0.453. The number of hydrogen-bond acceptors (Lipinski definition) is 4. The molecule has 124 valence electrons. The van der Waals surface area contributed by atoms with Crippen LogP contribution in [0.15, 0.2) is 18.2 Å².